The van der Waals surface area contributed by atoms with Crippen LogP contribution in [0.1, 0.15) is 106 Å². The van der Waals surface area contributed by atoms with Crippen LogP contribution in [0.25, 0.3) is 0 Å². The zero-order chi connectivity index (χ0) is 31.7. The van der Waals surface area contributed by atoms with Crippen molar-refractivity contribution in [2.24, 2.45) is 45.8 Å². The lowest BCUT2D eigenvalue weighted by Crippen LogP contribution is -2.64. The van der Waals surface area contributed by atoms with Crippen molar-refractivity contribution in [1.82, 2.24) is 0 Å². The van der Waals surface area contributed by atoms with Crippen LogP contribution in [0.15, 0.2) is 11.6 Å². The van der Waals surface area contributed by atoms with E-state index in [1.807, 2.05) is 6.92 Å². The van der Waals surface area contributed by atoms with E-state index in [1.54, 1.807) is 0 Å². The maximum Gasteiger partial charge on any atom is 0.186 e. The summed E-state index contributed by atoms with van der Waals surface area (Å²) >= 11 is 0. The number of fused-ring (bicyclic) bond motifs is 5. The van der Waals surface area contributed by atoms with Gasteiger partial charge in [-0.05, 0) is 124 Å². The van der Waals surface area contributed by atoms with Crippen LogP contribution in [-0.2, 0) is 9.47 Å². The molecule has 248 valence electrons. The fraction of sp³-hybridized carbons (Fsp3) is 0.943. The molecule has 4 saturated carbocycles. The van der Waals surface area contributed by atoms with E-state index in [2.05, 4.69) is 47.6 Å². The molecule has 43 heavy (non-hydrogen) atoms. The Morgan fingerprint density at radius 2 is 1.58 bits per heavy atom. The Kier molecular flexibility index (Phi) is 9.34. The lowest BCUT2D eigenvalue weighted by molar-refractivity contribution is -0.329. The average Bonchev–Trinajstić information content (AvgIpc) is 3.30. The number of aliphatic hydroxyl groups is 6. The summed E-state index contributed by atoms with van der Waals surface area (Å²) in [6.45, 7) is 15.0. The predicted octanol–water partition coefficient (Wildman–Crippen LogP) is 3.93. The molecule has 8 nitrogen and oxygen atoms in total. The van der Waals surface area contributed by atoms with Gasteiger partial charge >= 0.3 is 0 Å². The van der Waals surface area contributed by atoms with Crippen molar-refractivity contribution in [3.05, 3.63) is 11.6 Å². The van der Waals surface area contributed by atoms with Crippen LogP contribution in [0.4, 0.5) is 0 Å². The highest BCUT2D eigenvalue weighted by Crippen LogP contribution is 2.71. The molecule has 15 atom stereocenters. The molecule has 0 aromatic heterocycles. The van der Waals surface area contributed by atoms with Gasteiger partial charge in [0.1, 0.15) is 24.4 Å². The van der Waals surface area contributed by atoms with Gasteiger partial charge in [0.2, 0.25) is 0 Å². The summed E-state index contributed by atoms with van der Waals surface area (Å²) < 4.78 is 12.1. The van der Waals surface area contributed by atoms with E-state index < -0.39 is 49.0 Å². The summed E-state index contributed by atoms with van der Waals surface area (Å²) in [5.41, 5.74) is 0.224. The third kappa shape index (κ3) is 5.58. The van der Waals surface area contributed by atoms with Crippen LogP contribution in [0, 0.1) is 45.8 Å². The van der Waals surface area contributed by atoms with Crippen molar-refractivity contribution in [3.8, 4) is 0 Å². The van der Waals surface area contributed by atoms with Crippen molar-refractivity contribution >= 4 is 0 Å². The maximum absolute atomic E-state index is 11.9. The molecule has 1 aliphatic heterocycles. The Bertz CT molecular complexity index is 1020. The topological polar surface area (TPSA) is 140 Å². The molecule has 8 heteroatoms. The Labute approximate surface area is 258 Å². The quantitative estimate of drug-likeness (QED) is 0.189. The van der Waals surface area contributed by atoms with Crippen molar-refractivity contribution in [1.29, 1.82) is 0 Å². The minimum Gasteiger partial charge on any atom is -0.394 e. The molecule has 0 aromatic carbocycles. The molecule has 1 heterocycles. The molecular weight excluding hydrogens is 548 g/mol. The minimum atomic E-state index is -1.45. The van der Waals surface area contributed by atoms with Gasteiger partial charge in [0.25, 0.3) is 0 Å². The Morgan fingerprint density at radius 1 is 0.907 bits per heavy atom. The van der Waals surface area contributed by atoms with E-state index in [4.69, 9.17) is 9.47 Å². The standard InChI is InChI=1S/C35H60O8/c1-19(2)9-8-14-35(7,41)21-12-15-34(6)20-10-11-25-32(3,4)26(13-16-33(25,5)22(20)17-23(37)27(21)34)43-31-30(40)29(39)28(38)24(18-36)42-31/h9,20-31,36-41H,8,10-18H2,1-7H3. The number of hydrogen-bond donors (Lipinski definition) is 6. The number of aliphatic hydroxyl groups excluding tert-OH is 5. The molecule has 0 spiro atoms. The van der Waals surface area contributed by atoms with Crippen LogP contribution in [0.3, 0.4) is 0 Å². The smallest absolute Gasteiger partial charge is 0.186 e. The SMILES string of the molecule is CC(C)=CCCC(C)(O)C1CCC2(C)C3CCC4C(C)(C)C(OC5OC(CO)C(O)C(O)C5O)CCC4(C)C3CC(O)C12. The van der Waals surface area contributed by atoms with Gasteiger partial charge in [-0.2, -0.15) is 0 Å². The first-order valence-electron chi connectivity index (χ1n) is 17.0. The minimum absolute atomic E-state index is 0.00466. The molecule has 15 unspecified atom stereocenters. The second-order valence-electron chi connectivity index (χ2n) is 16.7. The lowest BCUT2D eigenvalue weighted by Gasteiger charge is -2.66. The molecule has 0 bridgehead atoms. The van der Waals surface area contributed by atoms with E-state index in [-0.39, 0.29) is 34.2 Å². The van der Waals surface area contributed by atoms with Gasteiger partial charge in [-0.25, -0.2) is 0 Å². The first-order valence-corrected chi connectivity index (χ1v) is 17.0. The summed E-state index contributed by atoms with van der Waals surface area (Å²) in [5.74, 6) is 1.42. The zero-order valence-electron chi connectivity index (χ0n) is 27.6. The van der Waals surface area contributed by atoms with Crippen molar-refractivity contribution in [2.75, 3.05) is 6.61 Å². The summed E-state index contributed by atoms with van der Waals surface area (Å²) in [6, 6.07) is 0. The number of rotatable bonds is 7. The highest BCUT2D eigenvalue weighted by molar-refractivity contribution is 5.16. The van der Waals surface area contributed by atoms with Gasteiger partial charge in [0.15, 0.2) is 6.29 Å². The molecule has 0 aromatic rings. The van der Waals surface area contributed by atoms with E-state index >= 15 is 0 Å². The molecule has 0 radical (unpaired) electrons. The van der Waals surface area contributed by atoms with Gasteiger partial charge < -0.3 is 40.1 Å². The van der Waals surface area contributed by atoms with Gasteiger partial charge in [0, 0.05) is 0 Å². The molecule has 5 fully saturated rings. The second-order valence-corrected chi connectivity index (χ2v) is 16.7. The van der Waals surface area contributed by atoms with Crippen LogP contribution < -0.4 is 0 Å². The van der Waals surface area contributed by atoms with Crippen LogP contribution in [-0.4, -0.2) is 85.8 Å². The average molecular weight is 609 g/mol. The Balaban J connectivity index is 1.34. The molecule has 4 aliphatic carbocycles. The summed E-state index contributed by atoms with van der Waals surface area (Å²) in [6.07, 6.45) is 3.36. The molecule has 5 aliphatic rings. The first-order chi connectivity index (χ1) is 20.0. The van der Waals surface area contributed by atoms with Crippen LogP contribution in [0.5, 0.6) is 0 Å². The molecular formula is C35H60O8. The normalized spacial score (nSPS) is 50.6. The fourth-order valence-electron chi connectivity index (χ4n) is 11.4. The largest absolute Gasteiger partial charge is 0.394 e. The highest BCUT2D eigenvalue weighted by atomic mass is 16.7. The summed E-state index contributed by atoms with van der Waals surface area (Å²) in [4.78, 5) is 0. The van der Waals surface area contributed by atoms with Gasteiger partial charge in [-0.1, -0.05) is 39.3 Å². The molecule has 0 amide bonds. The van der Waals surface area contributed by atoms with Crippen LogP contribution in [0.2, 0.25) is 0 Å². The first kappa shape index (κ1) is 33.8. The Hall–Kier alpha value is -0.580. The van der Waals surface area contributed by atoms with E-state index in [1.165, 1.54) is 5.57 Å². The third-order valence-electron chi connectivity index (χ3n) is 13.7. The molecule has 6 N–H and O–H groups in total. The molecule has 1 saturated heterocycles. The monoisotopic (exact) mass is 608 g/mol. The zero-order valence-corrected chi connectivity index (χ0v) is 27.6. The summed E-state index contributed by atoms with van der Waals surface area (Å²) in [5, 5.41) is 64.5. The number of hydrogen-bond acceptors (Lipinski definition) is 8. The fourth-order valence-corrected chi connectivity index (χ4v) is 11.4. The summed E-state index contributed by atoms with van der Waals surface area (Å²) in [7, 11) is 0. The van der Waals surface area contributed by atoms with E-state index in [0.717, 1.165) is 57.8 Å². The lowest BCUT2D eigenvalue weighted by atomic mass is 9.39. The van der Waals surface area contributed by atoms with Crippen molar-refractivity contribution in [2.45, 2.75) is 155 Å². The van der Waals surface area contributed by atoms with Gasteiger partial charge in [-0.3, -0.25) is 0 Å². The van der Waals surface area contributed by atoms with Crippen molar-refractivity contribution < 1.29 is 40.1 Å². The van der Waals surface area contributed by atoms with Crippen LogP contribution >= 0.6 is 0 Å². The highest BCUT2D eigenvalue weighted by Gasteiger charge is 2.67. The number of ether oxygens (including phenoxy) is 2. The maximum atomic E-state index is 11.9. The Morgan fingerprint density at radius 3 is 2.23 bits per heavy atom. The van der Waals surface area contributed by atoms with Crippen molar-refractivity contribution in [3.63, 3.8) is 0 Å². The van der Waals surface area contributed by atoms with Gasteiger partial charge in [0.05, 0.1) is 24.4 Å². The molecule has 5 rings (SSSR count). The van der Waals surface area contributed by atoms with E-state index in [0.29, 0.717) is 17.8 Å². The van der Waals surface area contributed by atoms with E-state index in [9.17, 15) is 30.6 Å². The van der Waals surface area contributed by atoms with Gasteiger partial charge in [-0.15, -0.1) is 0 Å². The third-order valence-corrected chi connectivity index (χ3v) is 13.7. The predicted molar refractivity (Wildman–Crippen MR) is 164 cm³/mol. The second kappa shape index (κ2) is 11.9. The number of allylic oxidation sites excluding steroid dienone is 2.